The first-order valence-corrected chi connectivity index (χ1v) is 8.74. The first kappa shape index (κ1) is 18.3. The van der Waals surface area contributed by atoms with Crippen molar-refractivity contribution in [1.29, 1.82) is 0 Å². The molecule has 3 rings (SSSR count). The number of fused-ring (bicyclic) bond motifs is 1. The molecular formula is C20H21ClN2O3. The van der Waals surface area contributed by atoms with Crippen molar-refractivity contribution < 1.29 is 14.3 Å². The van der Waals surface area contributed by atoms with Crippen molar-refractivity contribution in [2.75, 3.05) is 6.61 Å². The lowest BCUT2D eigenvalue weighted by Gasteiger charge is -2.27. The predicted molar refractivity (Wildman–Crippen MR) is 102 cm³/mol. The van der Waals surface area contributed by atoms with Crippen LogP contribution in [0, 0.1) is 0 Å². The molecule has 0 aromatic heterocycles. The van der Waals surface area contributed by atoms with Gasteiger partial charge in [0.2, 0.25) is 6.10 Å². The SMILES string of the molecule is CC(C)(C)c1ccc2c(c1)OC(C(=O)NN=Cc1ccccc1Cl)CO2. The van der Waals surface area contributed by atoms with E-state index >= 15 is 0 Å². The third-order valence-electron chi connectivity index (χ3n) is 4.05. The van der Waals surface area contributed by atoms with E-state index in [2.05, 4.69) is 31.3 Å². The van der Waals surface area contributed by atoms with Crippen LogP contribution in [-0.4, -0.2) is 24.8 Å². The predicted octanol–water partition coefficient (Wildman–Crippen LogP) is 3.93. The molecule has 0 radical (unpaired) electrons. The zero-order valence-electron chi connectivity index (χ0n) is 15.0. The van der Waals surface area contributed by atoms with Crippen molar-refractivity contribution in [1.82, 2.24) is 5.43 Å². The summed E-state index contributed by atoms with van der Waals surface area (Å²) in [5.74, 6) is 0.834. The van der Waals surface area contributed by atoms with Crippen molar-refractivity contribution in [2.24, 2.45) is 5.10 Å². The number of nitrogens with zero attached hydrogens (tertiary/aromatic N) is 1. The maximum absolute atomic E-state index is 12.3. The summed E-state index contributed by atoms with van der Waals surface area (Å²) in [5.41, 5.74) is 4.28. The van der Waals surface area contributed by atoms with Crippen LogP contribution in [0.2, 0.25) is 5.02 Å². The number of nitrogens with one attached hydrogen (secondary N) is 1. The minimum absolute atomic E-state index is 0.0210. The summed E-state index contributed by atoms with van der Waals surface area (Å²) in [5, 5.41) is 4.51. The number of hydrazone groups is 1. The molecule has 1 aliphatic rings. The molecule has 136 valence electrons. The Kier molecular flexibility index (Phi) is 5.18. The van der Waals surface area contributed by atoms with Gasteiger partial charge in [-0.05, 0) is 29.2 Å². The fourth-order valence-electron chi connectivity index (χ4n) is 2.49. The maximum atomic E-state index is 12.3. The van der Waals surface area contributed by atoms with Crippen LogP contribution in [0.4, 0.5) is 0 Å². The van der Waals surface area contributed by atoms with E-state index in [1.165, 1.54) is 6.21 Å². The summed E-state index contributed by atoms with van der Waals surface area (Å²) in [6.45, 7) is 6.49. The molecule has 2 aromatic rings. The molecule has 1 unspecified atom stereocenters. The van der Waals surface area contributed by atoms with E-state index in [9.17, 15) is 4.79 Å². The summed E-state index contributed by atoms with van der Waals surface area (Å²) < 4.78 is 11.5. The number of rotatable bonds is 3. The summed E-state index contributed by atoms with van der Waals surface area (Å²) in [6.07, 6.45) is 0.733. The average molecular weight is 373 g/mol. The second-order valence-corrected chi connectivity index (χ2v) is 7.49. The highest BCUT2D eigenvalue weighted by molar-refractivity contribution is 6.33. The van der Waals surface area contributed by atoms with Crippen LogP contribution >= 0.6 is 11.6 Å². The normalized spacial score (nSPS) is 16.5. The Bertz CT molecular complexity index is 843. The Morgan fingerprint density at radius 2 is 2.00 bits per heavy atom. The summed E-state index contributed by atoms with van der Waals surface area (Å²) in [7, 11) is 0. The molecule has 0 aliphatic carbocycles. The number of benzene rings is 2. The van der Waals surface area contributed by atoms with Crippen LogP contribution in [-0.2, 0) is 10.2 Å². The number of carbonyl (C=O) groups is 1. The van der Waals surface area contributed by atoms with E-state index in [0.29, 0.717) is 16.5 Å². The quantitative estimate of drug-likeness (QED) is 0.656. The van der Waals surface area contributed by atoms with E-state index in [-0.39, 0.29) is 17.9 Å². The number of amides is 1. The lowest BCUT2D eigenvalue weighted by molar-refractivity contribution is -0.130. The lowest BCUT2D eigenvalue weighted by Crippen LogP contribution is -2.42. The molecule has 0 saturated heterocycles. The van der Waals surface area contributed by atoms with Crippen LogP contribution in [0.3, 0.4) is 0 Å². The van der Waals surface area contributed by atoms with Crippen LogP contribution in [0.25, 0.3) is 0 Å². The van der Waals surface area contributed by atoms with Crippen LogP contribution in [0.5, 0.6) is 11.5 Å². The molecule has 2 aromatic carbocycles. The third kappa shape index (κ3) is 4.17. The fourth-order valence-corrected chi connectivity index (χ4v) is 2.67. The number of hydrogen-bond donors (Lipinski definition) is 1. The molecule has 1 N–H and O–H groups in total. The third-order valence-corrected chi connectivity index (χ3v) is 4.39. The minimum atomic E-state index is -0.763. The van der Waals surface area contributed by atoms with Gasteiger partial charge in [0, 0.05) is 10.6 Å². The zero-order chi connectivity index (χ0) is 18.7. The Morgan fingerprint density at radius 1 is 1.23 bits per heavy atom. The van der Waals surface area contributed by atoms with Gasteiger partial charge in [0.05, 0.1) is 6.21 Å². The Morgan fingerprint density at radius 3 is 2.73 bits per heavy atom. The van der Waals surface area contributed by atoms with Gasteiger partial charge < -0.3 is 9.47 Å². The van der Waals surface area contributed by atoms with Gasteiger partial charge in [-0.25, -0.2) is 5.43 Å². The largest absolute Gasteiger partial charge is 0.485 e. The van der Waals surface area contributed by atoms with Gasteiger partial charge in [0.25, 0.3) is 5.91 Å². The molecule has 0 fully saturated rings. The molecule has 0 spiro atoms. The molecule has 6 heteroatoms. The lowest BCUT2D eigenvalue weighted by atomic mass is 9.87. The highest BCUT2D eigenvalue weighted by Crippen LogP contribution is 2.36. The molecule has 26 heavy (non-hydrogen) atoms. The van der Waals surface area contributed by atoms with Gasteiger partial charge in [-0.3, -0.25) is 4.79 Å². The molecule has 1 heterocycles. The van der Waals surface area contributed by atoms with Crippen molar-refractivity contribution in [3.8, 4) is 11.5 Å². The molecule has 5 nitrogen and oxygen atoms in total. The van der Waals surface area contributed by atoms with Crippen molar-refractivity contribution >= 4 is 23.7 Å². The van der Waals surface area contributed by atoms with Crippen molar-refractivity contribution in [3.05, 3.63) is 58.6 Å². The second-order valence-electron chi connectivity index (χ2n) is 7.08. The zero-order valence-corrected chi connectivity index (χ0v) is 15.7. The van der Waals surface area contributed by atoms with Crippen LogP contribution < -0.4 is 14.9 Å². The summed E-state index contributed by atoms with van der Waals surface area (Å²) >= 11 is 6.05. The Balaban J connectivity index is 1.66. The van der Waals surface area contributed by atoms with Gasteiger partial charge in [-0.15, -0.1) is 0 Å². The minimum Gasteiger partial charge on any atom is -0.485 e. The molecule has 1 amide bonds. The van der Waals surface area contributed by atoms with E-state index in [1.807, 2.05) is 36.4 Å². The number of hydrogen-bond acceptors (Lipinski definition) is 4. The second kappa shape index (κ2) is 7.38. The number of ether oxygens (including phenoxy) is 2. The Hall–Kier alpha value is -2.53. The first-order chi connectivity index (χ1) is 12.3. The molecular weight excluding hydrogens is 352 g/mol. The van der Waals surface area contributed by atoms with Gasteiger partial charge in [0.1, 0.15) is 6.61 Å². The molecule has 0 saturated carbocycles. The Labute approximate surface area is 158 Å². The van der Waals surface area contributed by atoms with E-state index < -0.39 is 6.10 Å². The standard InChI is InChI=1S/C20H21ClN2O3/c1-20(2,3)14-8-9-16-17(10-14)26-18(12-25-16)19(24)23-22-11-13-6-4-5-7-15(13)21/h4-11,18H,12H2,1-3H3,(H,23,24). The smallest absolute Gasteiger partial charge is 0.284 e. The van der Waals surface area contributed by atoms with Gasteiger partial charge >= 0.3 is 0 Å². The average Bonchev–Trinajstić information content (AvgIpc) is 2.61. The number of carbonyl (C=O) groups excluding carboxylic acids is 1. The number of halogens is 1. The fraction of sp³-hybridized carbons (Fsp3) is 0.300. The maximum Gasteiger partial charge on any atom is 0.284 e. The van der Waals surface area contributed by atoms with Gasteiger partial charge in [-0.1, -0.05) is 56.6 Å². The van der Waals surface area contributed by atoms with Crippen LogP contribution in [0.15, 0.2) is 47.6 Å². The van der Waals surface area contributed by atoms with Crippen LogP contribution in [0.1, 0.15) is 31.9 Å². The van der Waals surface area contributed by atoms with E-state index in [1.54, 1.807) is 6.07 Å². The van der Waals surface area contributed by atoms with E-state index in [4.69, 9.17) is 21.1 Å². The topological polar surface area (TPSA) is 59.9 Å². The van der Waals surface area contributed by atoms with E-state index in [0.717, 1.165) is 11.1 Å². The van der Waals surface area contributed by atoms with Crippen molar-refractivity contribution in [2.45, 2.75) is 32.3 Å². The highest BCUT2D eigenvalue weighted by atomic mass is 35.5. The first-order valence-electron chi connectivity index (χ1n) is 8.36. The monoisotopic (exact) mass is 372 g/mol. The summed E-state index contributed by atoms with van der Waals surface area (Å²) in [6, 6.07) is 13.0. The van der Waals surface area contributed by atoms with Gasteiger partial charge in [-0.2, -0.15) is 5.10 Å². The summed E-state index contributed by atoms with van der Waals surface area (Å²) in [4.78, 5) is 12.3. The highest BCUT2D eigenvalue weighted by Gasteiger charge is 2.28. The van der Waals surface area contributed by atoms with Gasteiger partial charge in [0.15, 0.2) is 11.5 Å². The molecule has 0 bridgehead atoms. The molecule has 1 atom stereocenters. The van der Waals surface area contributed by atoms with Crippen molar-refractivity contribution in [3.63, 3.8) is 0 Å². The molecule has 1 aliphatic heterocycles.